The van der Waals surface area contributed by atoms with E-state index in [0.29, 0.717) is 13.2 Å². The molecule has 1 rings (SSSR count). The van der Waals surface area contributed by atoms with E-state index in [-0.39, 0.29) is 24.8 Å². The van der Waals surface area contributed by atoms with E-state index in [4.69, 9.17) is 9.84 Å². The fraction of sp³-hybridized carbons (Fsp3) is 0.625. The molecule has 2 N–H and O–H groups in total. The van der Waals surface area contributed by atoms with Gasteiger partial charge < -0.3 is 14.7 Å². The Morgan fingerprint density at radius 3 is 3.00 bits per heavy atom. The topological polar surface area (TPSA) is 91.3 Å². The minimum Gasteiger partial charge on any atom is -0.395 e. The second kappa shape index (κ2) is 6.10. The Kier molecular flexibility index (Phi) is 4.72. The van der Waals surface area contributed by atoms with E-state index in [1.165, 1.54) is 11.1 Å². The Morgan fingerprint density at radius 1 is 1.67 bits per heavy atom. The van der Waals surface area contributed by atoms with E-state index in [2.05, 4.69) is 15.4 Å². The van der Waals surface area contributed by atoms with Crippen molar-refractivity contribution in [3.05, 3.63) is 11.9 Å². The van der Waals surface area contributed by atoms with E-state index >= 15 is 0 Å². The molecule has 0 aliphatic carbocycles. The molecule has 7 heteroatoms. The van der Waals surface area contributed by atoms with Crippen molar-refractivity contribution < 1.29 is 14.6 Å². The summed E-state index contributed by atoms with van der Waals surface area (Å²) in [6, 6.07) is 0. The van der Waals surface area contributed by atoms with E-state index in [0.717, 1.165) is 0 Å². The molecule has 0 fully saturated rings. The van der Waals surface area contributed by atoms with Gasteiger partial charge in [0, 0.05) is 20.2 Å². The van der Waals surface area contributed by atoms with E-state index in [1.54, 1.807) is 7.11 Å². The first-order valence-corrected chi connectivity index (χ1v) is 4.54. The monoisotopic (exact) mass is 214 g/mol. The first kappa shape index (κ1) is 11.6. The Hall–Kier alpha value is -1.47. The van der Waals surface area contributed by atoms with E-state index < -0.39 is 0 Å². The number of carbonyl (C=O) groups is 1. The number of aromatic nitrogens is 3. The van der Waals surface area contributed by atoms with Crippen LogP contribution in [0, 0.1) is 0 Å². The van der Waals surface area contributed by atoms with Gasteiger partial charge in [-0.2, -0.15) is 15.4 Å². The molecular formula is C8H14N4O3. The lowest BCUT2D eigenvalue weighted by Gasteiger charge is -2.19. The van der Waals surface area contributed by atoms with Crippen LogP contribution in [-0.4, -0.2) is 64.7 Å². The molecule has 0 aliphatic rings. The van der Waals surface area contributed by atoms with Crippen molar-refractivity contribution in [3.8, 4) is 0 Å². The highest BCUT2D eigenvalue weighted by atomic mass is 16.5. The lowest BCUT2D eigenvalue weighted by atomic mass is 10.3. The second-order valence-corrected chi connectivity index (χ2v) is 2.86. The van der Waals surface area contributed by atoms with Crippen molar-refractivity contribution >= 4 is 5.91 Å². The molecule has 0 radical (unpaired) electrons. The van der Waals surface area contributed by atoms with Gasteiger partial charge in [0.25, 0.3) is 5.91 Å². The maximum atomic E-state index is 11.7. The summed E-state index contributed by atoms with van der Waals surface area (Å²) in [6.07, 6.45) is 1.35. The molecule has 1 aromatic rings. The number of hydrogen-bond acceptors (Lipinski definition) is 5. The van der Waals surface area contributed by atoms with Gasteiger partial charge in [-0.1, -0.05) is 0 Å². The third kappa shape index (κ3) is 3.30. The smallest absolute Gasteiger partial charge is 0.276 e. The van der Waals surface area contributed by atoms with Gasteiger partial charge in [0.05, 0.1) is 19.4 Å². The number of amides is 1. The summed E-state index contributed by atoms with van der Waals surface area (Å²) < 4.78 is 4.87. The number of methoxy groups -OCH3 is 1. The molecular weight excluding hydrogens is 200 g/mol. The average Bonchev–Trinajstić information content (AvgIpc) is 2.76. The first-order chi connectivity index (χ1) is 7.29. The van der Waals surface area contributed by atoms with Crippen molar-refractivity contribution in [1.82, 2.24) is 20.3 Å². The Bertz CT molecular complexity index is 288. The van der Waals surface area contributed by atoms with Crippen LogP contribution in [0.1, 0.15) is 10.5 Å². The fourth-order valence-corrected chi connectivity index (χ4v) is 1.10. The molecule has 1 amide bonds. The van der Waals surface area contributed by atoms with E-state index in [1.807, 2.05) is 0 Å². The van der Waals surface area contributed by atoms with Gasteiger partial charge in [0.2, 0.25) is 0 Å². The van der Waals surface area contributed by atoms with E-state index in [9.17, 15) is 4.79 Å². The molecule has 0 unspecified atom stereocenters. The van der Waals surface area contributed by atoms with Crippen LogP contribution in [0.5, 0.6) is 0 Å². The minimum absolute atomic E-state index is 0.0900. The standard InChI is InChI=1S/C8H14N4O3/c1-15-5-3-12(2-4-13)8(14)7-6-9-11-10-7/h6,13H,2-5H2,1H3,(H,9,10,11). The SMILES string of the molecule is COCCN(CCO)C(=O)c1cn[nH]n1. The fourth-order valence-electron chi connectivity index (χ4n) is 1.10. The van der Waals surface area contributed by atoms with Gasteiger partial charge in [0.15, 0.2) is 5.69 Å². The maximum absolute atomic E-state index is 11.7. The quantitative estimate of drug-likeness (QED) is 0.626. The predicted molar refractivity (Wildman–Crippen MR) is 51.2 cm³/mol. The second-order valence-electron chi connectivity index (χ2n) is 2.86. The van der Waals surface area contributed by atoms with Gasteiger partial charge in [-0.3, -0.25) is 4.79 Å². The number of rotatable bonds is 6. The highest BCUT2D eigenvalue weighted by molar-refractivity contribution is 5.91. The summed E-state index contributed by atoms with van der Waals surface area (Å²) >= 11 is 0. The lowest BCUT2D eigenvalue weighted by Crippen LogP contribution is -2.36. The number of aliphatic hydroxyl groups is 1. The number of aliphatic hydroxyl groups excluding tert-OH is 1. The zero-order valence-corrected chi connectivity index (χ0v) is 8.51. The third-order valence-electron chi connectivity index (χ3n) is 1.86. The number of hydrogen-bond donors (Lipinski definition) is 2. The van der Waals surface area contributed by atoms with Gasteiger partial charge in [-0.15, -0.1) is 0 Å². The highest BCUT2D eigenvalue weighted by Crippen LogP contribution is 1.98. The highest BCUT2D eigenvalue weighted by Gasteiger charge is 2.16. The molecule has 7 nitrogen and oxygen atoms in total. The molecule has 1 aromatic heterocycles. The zero-order valence-electron chi connectivity index (χ0n) is 8.51. The number of nitrogens with zero attached hydrogens (tertiary/aromatic N) is 3. The van der Waals surface area contributed by atoms with Crippen molar-refractivity contribution in [2.24, 2.45) is 0 Å². The Balaban J connectivity index is 2.58. The number of H-pyrrole nitrogens is 1. The van der Waals surface area contributed by atoms with Crippen LogP contribution in [0.15, 0.2) is 6.20 Å². The van der Waals surface area contributed by atoms with Crippen molar-refractivity contribution in [2.75, 3.05) is 33.4 Å². The summed E-state index contributed by atoms with van der Waals surface area (Å²) in [5.41, 5.74) is 0.236. The largest absolute Gasteiger partial charge is 0.395 e. The number of ether oxygens (including phenoxy) is 1. The molecule has 0 bridgehead atoms. The molecule has 0 aromatic carbocycles. The zero-order chi connectivity index (χ0) is 11.1. The van der Waals surface area contributed by atoms with Crippen LogP contribution in [0.3, 0.4) is 0 Å². The summed E-state index contributed by atoms with van der Waals surface area (Å²) in [7, 11) is 1.55. The van der Waals surface area contributed by atoms with Crippen LogP contribution < -0.4 is 0 Å². The molecule has 0 atom stereocenters. The van der Waals surface area contributed by atoms with Crippen molar-refractivity contribution in [1.29, 1.82) is 0 Å². The normalized spacial score (nSPS) is 10.3. The molecule has 15 heavy (non-hydrogen) atoms. The molecule has 84 valence electrons. The minimum atomic E-state index is -0.269. The summed E-state index contributed by atoms with van der Waals surface area (Å²) in [5.74, 6) is -0.269. The van der Waals surface area contributed by atoms with Gasteiger partial charge in [-0.05, 0) is 0 Å². The van der Waals surface area contributed by atoms with Crippen LogP contribution in [-0.2, 0) is 4.74 Å². The number of aromatic amines is 1. The third-order valence-corrected chi connectivity index (χ3v) is 1.86. The van der Waals surface area contributed by atoms with Crippen molar-refractivity contribution in [3.63, 3.8) is 0 Å². The molecule has 0 spiro atoms. The maximum Gasteiger partial charge on any atom is 0.276 e. The van der Waals surface area contributed by atoms with Crippen molar-refractivity contribution in [2.45, 2.75) is 0 Å². The summed E-state index contributed by atoms with van der Waals surface area (Å²) in [4.78, 5) is 13.2. The van der Waals surface area contributed by atoms with Gasteiger partial charge >= 0.3 is 0 Å². The summed E-state index contributed by atoms with van der Waals surface area (Å²) in [6.45, 7) is 1.01. The predicted octanol–water partition coefficient (Wildman–Crippen LogP) is -1.11. The van der Waals surface area contributed by atoms with Crippen LogP contribution in [0.4, 0.5) is 0 Å². The van der Waals surface area contributed by atoms with Crippen LogP contribution in [0.2, 0.25) is 0 Å². The number of carbonyl (C=O) groups excluding carboxylic acids is 1. The van der Waals surface area contributed by atoms with Crippen LogP contribution >= 0.6 is 0 Å². The average molecular weight is 214 g/mol. The molecule has 0 saturated carbocycles. The number of nitrogens with one attached hydrogen (secondary N) is 1. The Morgan fingerprint density at radius 2 is 2.47 bits per heavy atom. The summed E-state index contributed by atoms with van der Waals surface area (Å²) in [5, 5.41) is 18.4. The molecule has 1 heterocycles. The van der Waals surface area contributed by atoms with Gasteiger partial charge in [-0.25, -0.2) is 0 Å². The van der Waals surface area contributed by atoms with Gasteiger partial charge in [0.1, 0.15) is 0 Å². The first-order valence-electron chi connectivity index (χ1n) is 4.54. The van der Waals surface area contributed by atoms with Crippen LogP contribution in [0.25, 0.3) is 0 Å². The lowest BCUT2D eigenvalue weighted by molar-refractivity contribution is 0.0651. The molecule has 0 saturated heterocycles. The molecule has 0 aliphatic heterocycles. The Labute approximate surface area is 87.0 Å².